The van der Waals surface area contributed by atoms with Gasteiger partial charge in [-0.15, -0.1) is 0 Å². The third-order valence-corrected chi connectivity index (χ3v) is 4.47. The van der Waals surface area contributed by atoms with Crippen LogP contribution in [0.2, 0.25) is 0 Å². The summed E-state index contributed by atoms with van der Waals surface area (Å²) in [6.45, 7) is 2.03. The molecule has 0 bridgehead atoms. The minimum absolute atomic E-state index is 0.0232. The molecule has 0 saturated heterocycles. The maximum absolute atomic E-state index is 13.0. The molecule has 0 N–H and O–H groups in total. The molecule has 0 saturated carbocycles. The molecule has 0 unspecified atom stereocenters. The van der Waals surface area contributed by atoms with Crippen molar-refractivity contribution in [3.63, 3.8) is 0 Å². The van der Waals surface area contributed by atoms with Crippen LogP contribution in [0.25, 0.3) is 6.08 Å². The van der Waals surface area contributed by atoms with Crippen LogP contribution in [-0.2, 0) is 4.79 Å². The summed E-state index contributed by atoms with van der Waals surface area (Å²) in [6, 6.07) is 13.8. The molecule has 144 valence electrons. The lowest BCUT2D eigenvalue weighted by atomic mass is 10.0. The first-order chi connectivity index (χ1) is 13.4. The number of carbonyl (C=O) groups is 1. The Balaban J connectivity index is 1.92. The van der Waals surface area contributed by atoms with E-state index in [4.69, 9.17) is 0 Å². The number of nitro groups is 1. The number of hydrogen-bond acceptors (Lipinski definition) is 5. The fourth-order valence-electron chi connectivity index (χ4n) is 2.95. The maximum Gasteiger partial charge on any atom is 0.280 e. The van der Waals surface area contributed by atoms with Crippen LogP contribution < -0.4 is 9.91 Å². The number of amides is 1. The van der Waals surface area contributed by atoms with Crippen LogP contribution in [0.4, 0.5) is 17.1 Å². The predicted molar refractivity (Wildman–Crippen MR) is 112 cm³/mol. The van der Waals surface area contributed by atoms with Gasteiger partial charge in [0.2, 0.25) is 0 Å². The number of hydrazone groups is 1. The number of carbonyl (C=O) groups excluding carboxylic acids is 1. The molecule has 1 heterocycles. The third kappa shape index (κ3) is 3.93. The lowest BCUT2D eigenvalue weighted by Crippen LogP contribution is -2.21. The average Bonchev–Trinajstić information content (AvgIpc) is 2.98. The standard InChI is InChI=1S/C21H22N4O3/c1-4-5-20-19(14-15-6-8-16(9-7-15)23(2)3)21(26)24(22-20)17-10-12-18(13-11-17)25(27)28/h6-14H,4-5H2,1-3H3. The van der Waals surface area contributed by atoms with Gasteiger partial charge in [-0.3, -0.25) is 14.9 Å². The molecule has 28 heavy (non-hydrogen) atoms. The Bertz CT molecular complexity index is 945. The average molecular weight is 378 g/mol. The van der Waals surface area contributed by atoms with E-state index in [1.54, 1.807) is 0 Å². The Kier molecular flexibility index (Phi) is 5.54. The minimum atomic E-state index is -0.468. The van der Waals surface area contributed by atoms with Crippen LogP contribution in [-0.4, -0.2) is 30.6 Å². The van der Waals surface area contributed by atoms with Crippen molar-refractivity contribution in [2.45, 2.75) is 19.8 Å². The van der Waals surface area contributed by atoms with Gasteiger partial charge < -0.3 is 4.90 Å². The first kappa shape index (κ1) is 19.3. The summed E-state index contributed by atoms with van der Waals surface area (Å²) in [5.74, 6) is -0.228. The maximum atomic E-state index is 13.0. The van der Waals surface area contributed by atoms with Gasteiger partial charge in [-0.25, -0.2) is 0 Å². The summed E-state index contributed by atoms with van der Waals surface area (Å²) >= 11 is 0. The zero-order valence-corrected chi connectivity index (χ0v) is 16.1. The largest absolute Gasteiger partial charge is 0.378 e. The van der Waals surface area contributed by atoms with Crippen LogP contribution in [0.1, 0.15) is 25.3 Å². The molecule has 7 nitrogen and oxygen atoms in total. The topological polar surface area (TPSA) is 79.0 Å². The van der Waals surface area contributed by atoms with Crippen molar-refractivity contribution in [3.8, 4) is 0 Å². The first-order valence-corrected chi connectivity index (χ1v) is 9.06. The lowest BCUT2D eigenvalue weighted by Gasteiger charge is -2.12. The van der Waals surface area contributed by atoms with E-state index >= 15 is 0 Å². The summed E-state index contributed by atoms with van der Waals surface area (Å²) in [5.41, 5.74) is 3.76. The monoisotopic (exact) mass is 378 g/mol. The highest BCUT2D eigenvalue weighted by Crippen LogP contribution is 2.28. The number of non-ortho nitro benzene ring substituents is 1. The molecule has 0 radical (unpaired) electrons. The van der Waals surface area contributed by atoms with E-state index in [9.17, 15) is 14.9 Å². The molecule has 7 heteroatoms. The number of nitro benzene ring substituents is 1. The Labute approximate surface area is 163 Å². The number of anilines is 2. The van der Waals surface area contributed by atoms with E-state index in [-0.39, 0.29) is 11.6 Å². The van der Waals surface area contributed by atoms with E-state index in [0.29, 0.717) is 17.7 Å². The summed E-state index contributed by atoms with van der Waals surface area (Å²) in [4.78, 5) is 25.4. The molecule has 0 aromatic heterocycles. The highest BCUT2D eigenvalue weighted by molar-refractivity contribution is 6.32. The third-order valence-electron chi connectivity index (χ3n) is 4.47. The molecule has 1 aliphatic rings. The van der Waals surface area contributed by atoms with Gasteiger partial charge in [0.1, 0.15) is 0 Å². The molecule has 1 aliphatic heterocycles. The minimum Gasteiger partial charge on any atom is -0.378 e. The summed E-state index contributed by atoms with van der Waals surface area (Å²) in [6.07, 6.45) is 3.38. The Morgan fingerprint density at radius 3 is 2.29 bits per heavy atom. The van der Waals surface area contributed by atoms with Gasteiger partial charge >= 0.3 is 0 Å². The molecule has 2 aromatic carbocycles. The molecule has 0 spiro atoms. The van der Waals surface area contributed by atoms with Crippen molar-refractivity contribution in [3.05, 3.63) is 69.8 Å². The molecular formula is C21H22N4O3. The van der Waals surface area contributed by atoms with Crippen molar-refractivity contribution >= 4 is 34.8 Å². The van der Waals surface area contributed by atoms with Gasteiger partial charge in [0.15, 0.2) is 0 Å². The van der Waals surface area contributed by atoms with E-state index in [0.717, 1.165) is 23.4 Å². The molecule has 0 aliphatic carbocycles. The summed E-state index contributed by atoms with van der Waals surface area (Å²) < 4.78 is 0. The molecule has 0 atom stereocenters. The van der Waals surface area contributed by atoms with Gasteiger partial charge in [-0.1, -0.05) is 25.5 Å². The van der Waals surface area contributed by atoms with Crippen molar-refractivity contribution in [2.24, 2.45) is 5.10 Å². The van der Waals surface area contributed by atoms with Gasteiger partial charge in [0.05, 0.1) is 21.9 Å². The Morgan fingerprint density at radius 1 is 1.11 bits per heavy atom. The Hall–Kier alpha value is -3.48. The van der Waals surface area contributed by atoms with Crippen molar-refractivity contribution < 1.29 is 9.72 Å². The van der Waals surface area contributed by atoms with Gasteiger partial charge in [0, 0.05) is 31.9 Å². The second-order valence-electron chi connectivity index (χ2n) is 6.73. The zero-order valence-electron chi connectivity index (χ0n) is 16.1. The fourth-order valence-corrected chi connectivity index (χ4v) is 2.95. The fraction of sp³-hybridized carbons (Fsp3) is 0.238. The van der Waals surface area contributed by atoms with E-state index < -0.39 is 4.92 Å². The SMILES string of the molecule is CCCC1=NN(c2ccc([N+](=O)[O-])cc2)C(=O)C1=Cc1ccc(N(C)C)cc1. The number of benzene rings is 2. The zero-order chi connectivity index (χ0) is 20.3. The molecule has 0 fully saturated rings. The highest BCUT2D eigenvalue weighted by atomic mass is 16.6. The Morgan fingerprint density at radius 2 is 1.75 bits per heavy atom. The number of hydrogen-bond donors (Lipinski definition) is 0. The van der Waals surface area contributed by atoms with Crippen molar-refractivity contribution in [1.29, 1.82) is 0 Å². The lowest BCUT2D eigenvalue weighted by molar-refractivity contribution is -0.384. The van der Waals surface area contributed by atoms with Gasteiger partial charge in [-0.05, 0) is 42.3 Å². The van der Waals surface area contributed by atoms with Crippen LogP contribution >= 0.6 is 0 Å². The number of nitrogens with zero attached hydrogens (tertiary/aromatic N) is 4. The highest BCUT2D eigenvalue weighted by Gasteiger charge is 2.30. The van der Waals surface area contributed by atoms with Gasteiger partial charge in [-0.2, -0.15) is 10.1 Å². The molecule has 3 rings (SSSR count). The molecule has 1 amide bonds. The van der Waals surface area contributed by atoms with Crippen LogP contribution in [0.3, 0.4) is 0 Å². The quantitative estimate of drug-likeness (QED) is 0.428. The summed E-state index contributed by atoms with van der Waals surface area (Å²) in [5, 5.41) is 16.6. The normalized spacial score (nSPS) is 15.1. The second kappa shape index (κ2) is 8.04. The molecule has 2 aromatic rings. The van der Waals surface area contributed by atoms with E-state index in [1.807, 2.05) is 56.3 Å². The molecular weight excluding hydrogens is 356 g/mol. The smallest absolute Gasteiger partial charge is 0.280 e. The van der Waals surface area contributed by atoms with Crippen molar-refractivity contribution in [1.82, 2.24) is 0 Å². The van der Waals surface area contributed by atoms with E-state index in [2.05, 4.69) is 5.10 Å². The second-order valence-corrected chi connectivity index (χ2v) is 6.73. The van der Waals surface area contributed by atoms with Gasteiger partial charge in [0.25, 0.3) is 11.6 Å². The van der Waals surface area contributed by atoms with Crippen molar-refractivity contribution in [2.75, 3.05) is 24.0 Å². The number of rotatable bonds is 6. The van der Waals surface area contributed by atoms with Crippen LogP contribution in [0.5, 0.6) is 0 Å². The predicted octanol–water partition coefficient (Wildman–Crippen LogP) is 4.25. The van der Waals surface area contributed by atoms with Crippen LogP contribution in [0.15, 0.2) is 59.2 Å². The van der Waals surface area contributed by atoms with Crippen LogP contribution in [0, 0.1) is 10.1 Å². The van der Waals surface area contributed by atoms with E-state index in [1.165, 1.54) is 29.3 Å². The first-order valence-electron chi connectivity index (χ1n) is 9.06. The summed E-state index contributed by atoms with van der Waals surface area (Å²) in [7, 11) is 3.95.